The number of sulfonamides is 1. The van der Waals surface area contributed by atoms with Crippen LogP contribution < -0.4 is 4.72 Å². The minimum atomic E-state index is -3.56. The number of aromatic nitrogens is 1. The Balaban J connectivity index is 1.71. The lowest BCUT2D eigenvalue weighted by atomic mass is 9.76. The van der Waals surface area contributed by atoms with Crippen LogP contribution in [0.2, 0.25) is 0 Å². The van der Waals surface area contributed by atoms with Crippen molar-refractivity contribution in [1.29, 1.82) is 5.26 Å². The third-order valence-corrected chi connectivity index (χ3v) is 6.18. The summed E-state index contributed by atoms with van der Waals surface area (Å²) in [7, 11) is -3.56. The zero-order valence-electron chi connectivity index (χ0n) is 13.9. The lowest BCUT2D eigenvalue weighted by Crippen LogP contribution is -2.23. The molecule has 0 saturated heterocycles. The fourth-order valence-electron chi connectivity index (χ4n) is 3.34. The smallest absolute Gasteiger partial charge is 0.240 e. The van der Waals surface area contributed by atoms with Gasteiger partial charge < -0.3 is 0 Å². The fourth-order valence-corrected chi connectivity index (χ4v) is 4.36. The van der Waals surface area contributed by atoms with Gasteiger partial charge in [-0.3, -0.25) is 4.98 Å². The van der Waals surface area contributed by atoms with Crippen molar-refractivity contribution >= 4 is 10.0 Å². The van der Waals surface area contributed by atoms with E-state index in [2.05, 4.69) is 15.8 Å². The number of rotatable bonds is 5. The fraction of sp³-hybridized carbons (Fsp3) is 0.368. The molecule has 3 rings (SSSR count). The SMILES string of the molecule is N#CC1CCCCC1c1ccc(S(=O)(=O)NCc2ccncc2)cc1. The molecule has 130 valence electrons. The van der Waals surface area contributed by atoms with E-state index in [0.29, 0.717) is 0 Å². The van der Waals surface area contributed by atoms with Crippen molar-refractivity contribution in [2.75, 3.05) is 0 Å². The molecule has 0 aliphatic heterocycles. The van der Waals surface area contributed by atoms with Crippen LogP contribution in [0.1, 0.15) is 42.7 Å². The Morgan fingerprint density at radius 3 is 2.44 bits per heavy atom. The topological polar surface area (TPSA) is 82.8 Å². The van der Waals surface area contributed by atoms with Gasteiger partial charge in [-0.15, -0.1) is 0 Å². The van der Waals surface area contributed by atoms with Crippen molar-refractivity contribution in [3.05, 3.63) is 59.9 Å². The molecule has 1 fully saturated rings. The molecule has 1 heterocycles. The Morgan fingerprint density at radius 1 is 1.08 bits per heavy atom. The van der Waals surface area contributed by atoms with Crippen LogP contribution in [0, 0.1) is 17.2 Å². The molecule has 1 aromatic heterocycles. The minimum Gasteiger partial charge on any atom is -0.265 e. The van der Waals surface area contributed by atoms with Gasteiger partial charge in [0.25, 0.3) is 0 Å². The second kappa shape index (κ2) is 7.77. The van der Waals surface area contributed by atoms with Gasteiger partial charge in [0, 0.05) is 18.9 Å². The minimum absolute atomic E-state index is 0.0287. The van der Waals surface area contributed by atoms with Gasteiger partial charge >= 0.3 is 0 Å². The summed E-state index contributed by atoms with van der Waals surface area (Å²) in [5, 5.41) is 9.32. The molecule has 1 saturated carbocycles. The zero-order chi connectivity index (χ0) is 17.7. The van der Waals surface area contributed by atoms with Crippen molar-refractivity contribution in [2.24, 2.45) is 5.92 Å². The van der Waals surface area contributed by atoms with Gasteiger partial charge in [0.1, 0.15) is 0 Å². The molecule has 2 atom stereocenters. The summed E-state index contributed by atoms with van der Waals surface area (Å²) >= 11 is 0. The molecular weight excluding hydrogens is 334 g/mol. The van der Waals surface area contributed by atoms with Gasteiger partial charge in [-0.2, -0.15) is 5.26 Å². The third-order valence-electron chi connectivity index (χ3n) is 4.77. The Kier molecular flexibility index (Phi) is 5.47. The summed E-state index contributed by atoms with van der Waals surface area (Å²) in [6.07, 6.45) is 7.40. The number of pyridine rings is 1. The molecule has 0 amide bonds. The molecule has 25 heavy (non-hydrogen) atoms. The summed E-state index contributed by atoms with van der Waals surface area (Å²) in [5.74, 6) is 0.237. The van der Waals surface area contributed by atoms with E-state index in [1.54, 1.807) is 36.7 Å². The standard InChI is InChI=1S/C19H21N3O2S/c20-13-17-3-1-2-4-19(17)16-5-7-18(8-6-16)25(23,24)22-14-15-9-11-21-12-10-15/h5-12,17,19,22H,1-4,14H2. The van der Waals surface area contributed by atoms with Crippen LogP contribution in [0.15, 0.2) is 53.7 Å². The third kappa shape index (κ3) is 4.25. The van der Waals surface area contributed by atoms with Crippen LogP contribution in [-0.2, 0) is 16.6 Å². The van der Waals surface area contributed by atoms with E-state index in [0.717, 1.165) is 36.8 Å². The molecule has 2 unspecified atom stereocenters. The first-order chi connectivity index (χ1) is 12.1. The highest BCUT2D eigenvalue weighted by atomic mass is 32.2. The van der Waals surface area contributed by atoms with Crippen molar-refractivity contribution in [3.63, 3.8) is 0 Å². The molecule has 1 aromatic carbocycles. The van der Waals surface area contributed by atoms with Crippen LogP contribution >= 0.6 is 0 Å². The number of benzene rings is 1. The van der Waals surface area contributed by atoms with E-state index in [1.807, 2.05) is 12.1 Å². The second-order valence-electron chi connectivity index (χ2n) is 6.38. The zero-order valence-corrected chi connectivity index (χ0v) is 14.7. The molecule has 0 radical (unpaired) electrons. The molecule has 1 aliphatic rings. The first-order valence-electron chi connectivity index (χ1n) is 8.48. The van der Waals surface area contributed by atoms with E-state index >= 15 is 0 Å². The quantitative estimate of drug-likeness (QED) is 0.891. The highest BCUT2D eigenvalue weighted by molar-refractivity contribution is 7.89. The maximum absolute atomic E-state index is 12.4. The number of hydrogen-bond acceptors (Lipinski definition) is 4. The van der Waals surface area contributed by atoms with E-state index < -0.39 is 10.0 Å². The van der Waals surface area contributed by atoms with Crippen LogP contribution in [0.3, 0.4) is 0 Å². The lowest BCUT2D eigenvalue weighted by molar-refractivity contribution is 0.369. The maximum Gasteiger partial charge on any atom is 0.240 e. The molecule has 5 nitrogen and oxygen atoms in total. The Bertz CT molecular complexity index is 842. The van der Waals surface area contributed by atoms with Crippen LogP contribution in [0.5, 0.6) is 0 Å². The number of nitrogens with one attached hydrogen (secondary N) is 1. The first-order valence-corrected chi connectivity index (χ1v) is 9.96. The van der Waals surface area contributed by atoms with E-state index in [9.17, 15) is 13.7 Å². The van der Waals surface area contributed by atoms with E-state index in [1.165, 1.54) is 0 Å². The average Bonchev–Trinajstić information content (AvgIpc) is 2.67. The summed E-state index contributed by atoms with van der Waals surface area (Å²) in [6, 6.07) is 12.9. The molecule has 1 N–H and O–H groups in total. The predicted molar refractivity (Wildman–Crippen MR) is 95.0 cm³/mol. The Morgan fingerprint density at radius 2 is 1.76 bits per heavy atom. The molecule has 1 aliphatic carbocycles. The number of nitrogens with zero attached hydrogens (tertiary/aromatic N) is 2. The predicted octanol–water partition coefficient (Wildman–Crippen LogP) is 3.36. The molecule has 0 bridgehead atoms. The highest BCUT2D eigenvalue weighted by Gasteiger charge is 2.26. The highest BCUT2D eigenvalue weighted by Crippen LogP contribution is 2.37. The van der Waals surface area contributed by atoms with Gasteiger partial charge in [-0.05, 0) is 54.2 Å². The number of nitriles is 1. The molecular formula is C19H21N3O2S. The van der Waals surface area contributed by atoms with Crippen molar-refractivity contribution in [3.8, 4) is 6.07 Å². The van der Waals surface area contributed by atoms with Crippen molar-refractivity contribution in [1.82, 2.24) is 9.71 Å². The maximum atomic E-state index is 12.4. The van der Waals surface area contributed by atoms with Gasteiger partial charge in [0.15, 0.2) is 0 Å². The molecule has 2 aromatic rings. The average molecular weight is 355 g/mol. The first kappa shape index (κ1) is 17.6. The Labute approximate surface area is 148 Å². The van der Waals surface area contributed by atoms with Gasteiger partial charge in [0.05, 0.1) is 16.9 Å². The lowest BCUT2D eigenvalue weighted by Gasteiger charge is -2.27. The summed E-state index contributed by atoms with van der Waals surface area (Å²) < 4.78 is 27.5. The normalized spacial score (nSPS) is 20.8. The van der Waals surface area contributed by atoms with Gasteiger partial charge in [-0.25, -0.2) is 13.1 Å². The van der Waals surface area contributed by atoms with Crippen molar-refractivity contribution < 1.29 is 8.42 Å². The van der Waals surface area contributed by atoms with Crippen molar-refractivity contribution in [2.45, 2.75) is 43.0 Å². The monoisotopic (exact) mass is 355 g/mol. The summed E-state index contributed by atoms with van der Waals surface area (Å²) in [6.45, 7) is 0.228. The van der Waals surface area contributed by atoms with Crippen LogP contribution in [-0.4, -0.2) is 13.4 Å². The second-order valence-corrected chi connectivity index (χ2v) is 8.14. The summed E-state index contributed by atoms with van der Waals surface area (Å²) in [4.78, 5) is 4.16. The van der Waals surface area contributed by atoms with Gasteiger partial charge in [0.2, 0.25) is 10.0 Å². The van der Waals surface area contributed by atoms with Gasteiger partial charge in [-0.1, -0.05) is 25.0 Å². The van der Waals surface area contributed by atoms with Crippen LogP contribution in [0.4, 0.5) is 0 Å². The Hall–Kier alpha value is -2.23. The molecule has 6 heteroatoms. The largest absolute Gasteiger partial charge is 0.265 e. The van der Waals surface area contributed by atoms with E-state index in [4.69, 9.17) is 0 Å². The van der Waals surface area contributed by atoms with E-state index in [-0.39, 0.29) is 23.3 Å². The molecule has 0 spiro atoms. The van der Waals surface area contributed by atoms with Crippen LogP contribution in [0.25, 0.3) is 0 Å². The summed E-state index contributed by atoms with van der Waals surface area (Å²) in [5.41, 5.74) is 1.91. The number of hydrogen-bond donors (Lipinski definition) is 1.